The smallest absolute Gasteiger partial charge is 0.337 e. The van der Waals surface area contributed by atoms with Crippen LogP contribution in [0.1, 0.15) is 47.5 Å². The molecule has 1 fully saturated rings. The van der Waals surface area contributed by atoms with Crippen LogP contribution in [0.3, 0.4) is 0 Å². The number of anilines is 1. The number of rotatable bonds is 4. The van der Waals surface area contributed by atoms with Crippen molar-refractivity contribution in [3.63, 3.8) is 0 Å². The molecule has 0 atom stereocenters. The summed E-state index contributed by atoms with van der Waals surface area (Å²) in [4.78, 5) is 11.2. The molecular formula is C19H20N2O2. The van der Waals surface area contributed by atoms with Crippen LogP contribution in [0.4, 0.5) is 5.69 Å². The van der Waals surface area contributed by atoms with E-state index >= 15 is 0 Å². The van der Waals surface area contributed by atoms with Gasteiger partial charge in [0.2, 0.25) is 0 Å². The first kappa shape index (κ1) is 15.3. The van der Waals surface area contributed by atoms with E-state index < -0.39 is 5.97 Å². The number of carboxylic acids is 1. The van der Waals surface area contributed by atoms with Crippen LogP contribution in [0.2, 0.25) is 0 Å². The summed E-state index contributed by atoms with van der Waals surface area (Å²) in [5.41, 5.74) is 6.22. The summed E-state index contributed by atoms with van der Waals surface area (Å²) in [6.07, 6.45) is 4.07. The summed E-state index contributed by atoms with van der Waals surface area (Å²) in [5.74, 6) is -0.345. The van der Waals surface area contributed by atoms with Crippen molar-refractivity contribution in [2.75, 3.05) is 5.43 Å². The van der Waals surface area contributed by atoms with Crippen molar-refractivity contribution in [3.05, 3.63) is 65.7 Å². The molecule has 0 saturated heterocycles. The van der Waals surface area contributed by atoms with E-state index in [-0.39, 0.29) is 5.56 Å². The summed E-state index contributed by atoms with van der Waals surface area (Å²) < 4.78 is 0. The van der Waals surface area contributed by atoms with Gasteiger partial charge in [-0.15, -0.1) is 0 Å². The lowest BCUT2D eigenvalue weighted by Crippen LogP contribution is -2.14. The Labute approximate surface area is 135 Å². The molecule has 3 rings (SSSR count). The van der Waals surface area contributed by atoms with Gasteiger partial charge >= 0.3 is 5.97 Å². The first-order valence-electron chi connectivity index (χ1n) is 7.93. The molecule has 1 aliphatic rings. The van der Waals surface area contributed by atoms with Crippen LogP contribution in [-0.4, -0.2) is 16.8 Å². The fourth-order valence-corrected chi connectivity index (χ4v) is 3.03. The van der Waals surface area contributed by atoms with Crippen molar-refractivity contribution in [1.29, 1.82) is 0 Å². The minimum atomic E-state index is -0.943. The zero-order chi connectivity index (χ0) is 16.1. The Balaban J connectivity index is 1.62. The third-order valence-corrected chi connectivity index (χ3v) is 4.33. The highest BCUT2D eigenvalue weighted by Crippen LogP contribution is 2.31. The van der Waals surface area contributed by atoms with Crippen molar-refractivity contribution in [2.24, 2.45) is 5.10 Å². The van der Waals surface area contributed by atoms with Gasteiger partial charge in [-0.3, -0.25) is 5.43 Å². The maximum atomic E-state index is 11.2. The minimum absolute atomic E-state index is 0.245. The Morgan fingerprint density at radius 1 is 1.00 bits per heavy atom. The number of carbonyl (C=O) groups is 1. The highest BCUT2D eigenvalue weighted by atomic mass is 16.4. The fourth-order valence-electron chi connectivity index (χ4n) is 3.03. The quantitative estimate of drug-likeness (QED) is 0.817. The molecule has 0 bridgehead atoms. The third-order valence-electron chi connectivity index (χ3n) is 4.33. The predicted octanol–water partition coefficient (Wildman–Crippen LogP) is 4.51. The molecule has 2 aromatic rings. The highest BCUT2D eigenvalue weighted by molar-refractivity contribution is 5.94. The third kappa shape index (κ3) is 3.77. The molecule has 0 radical (unpaired) electrons. The number of hydrogen-bond donors (Lipinski definition) is 2. The van der Waals surface area contributed by atoms with Gasteiger partial charge in [-0.25, -0.2) is 4.79 Å². The molecule has 0 heterocycles. The van der Waals surface area contributed by atoms with E-state index in [0.29, 0.717) is 11.6 Å². The Morgan fingerprint density at radius 3 is 2.35 bits per heavy atom. The van der Waals surface area contributed by atoms with Crippen LogP contribution in [0.25, 0.3) is 0 Å². The van der Waals surface area contributed by atoms with Crippen LogP contribution in [0.15, 0.2) is 59.7 Å². The molecule has 0 spiro atoms. The molecule has 0 amide bonds. The zero-order valence-corrected chi connectivity index (χ0v) is 12.9. The summed E-state index contributed by atoms with van der Waals surface area (Å²) in [6.45, 7) is 0. The molecule has 4 heteroatoms. The van der Waals surface area contributed by atoms with Gasteiger partial charge in [-0.2, -0.15) is 5.10 Å². The van der Waals surface area contributed by atoms with Crippen LogP contribution in [0, 0.1) is 0 Å². The van der Waals surface area contributed by atoms with E-state index in [9.17, 15) is 9.90 Å². The molecule has 4 nitrogen and oxygen atoms in total. The monoisotopic (exact) mass is 308 g/mol. The summed E-state index contributed by atoms with van der Waals surface area (Å²) in [5, 5.41) is 13.6. The molecule has 1 aliphatic carbocycles. The molecule has 2 aromatic carbocycles. The standard InChI is InChI=1S/C19H20N2O2/c22-19(23)17-8-4-5-9-18(17)21-20-16-12-10-15(11-13-16)14-6-2-1-3-7-14/h1-9,15,21H,10-13H2,(H,22,23). The number of para-hydroxylation sites is 1. The number of benzene rings is 2. The minimum Gasteiger partial charge on any atom is -0.478 e. The molecule has 0 aromatic heterocycles. The Bertz CT molecular complexity index is 700. The average molecular weight is 308 g/mol. The van der Waals surface area contributed by atoms with Gasteiger partial charge in [0, 0.05) is 5.71 Å². The van der Waals surface area contributed by atoms with E-state index in [1.54, 1.807) is 24.3 Å². The van der Waals surface area contributed by atoms with Crippen molar-refractivity contribution in [1.82, 2.24) is 0 Å². The Morgan fingerprint density at radius 2 is 1.65 bits per heavy atom. The SMILES string of the molecule is O=C(O)c1ccccc1NN=C1CCC(c2ccccc2)CC1. The van der Waals surface area contributed by atoms with Gasteiger partial charge in [-0.05, 0) is 49.3 Å². The van der Waals surface area contributed by atoms with Gasteiger partial charge in [0.25, 0.3) is 0 Å². The largest absolute Gasteiger partial charge is 0.478 e. The molecule has 118 valence electrons. The van der Waals surface area contributed by atoms with E-state index in [1.165, 1.54) is 5.56 Å². The predicted molar refractivity (Wildman–Crippen MR) is 92.1 cm³/mol. The highest BCUT2D eigenvalue weighted by Gasteiger charge is 2.19. The zero-order valence-electron chi connectivity index (χ0n) is 12.9. The van der Waals surface area contributed by atoms with Crippen LogP contribution >= 0.6 is 0 Å². The topological polar surface area (TPSA) is 61.7 Å². The summed E-state index contributed by atoms with van der Waals surface area (Å²) in [6, 6.07) is 17.4. The van der Waals surface area contributed by atoms with Crippen molar-refractivity contribution in [3.8, 4) is 0 Å². The lowest BCUT2D eigenvalue weighted by Gasteiger charge is -2.23. The normalized spacial score (nSPS) is 17.6. The summed E-state index contributed by atoms with van der Waals surface area (Å²) in [7, 11) is 0. The number of carboxylic acid groups (broad SMARTS) is 1. The fraction of sp³-hybridized carbons (Fsp3) is 0.263. The molecule has 0 unspecified atom stereocenters. The number of hydrogen-bond acceptors (Lipinski definition) is 3. The molecule has 0 aliphatic heterocycles. The van der Waals surface area contributed by atoms with Crippen molar-refractivity contribution < 1.29 is 9.90 Å². The first-order valence-corrected chi connectivity index (χ1v) is 7.93. The maximum absolute atomic E-state index is 11.2. The number of nitrogens with one attached hydrogen (secondary N) is 1. The van der Waals surface area contributed by atoms with Crippen LogP contribution in [-0.2, 0) is 0 Å². The van der Waals surface area contributed by atoms with Crippen molar-refractivity contribution >= 4 is 17.4 Å². The lowest BCUT2D eigenvalue weighted by molar-refractivity contribution is 0.0698. The number of aromatic carboxylic acids is 1. The van der Waals surface area contributed by atoms with Gasteiger partial charge in [0.05, 0.1) is 11.3 Å². The Hall–Kier alpha value is -2.62. The maximum Gasteiger partial charge on any atom is 0.337 e. The Kier molecular flexibility index (Phi) is 4.71. The molecule has 2 N–H and O–H groups in total. The molecular weight excluding hydrogens is 288 g/mol. The lowest BCUT2D eigenvalue weighted by atomic mass is 9.83. The van der Waals surface area contributed by atoms with E-state index in [2.05, 4.69) is 34.8 Å². The number of nitrogens with zero attached hydrogens (tertiary/aromatic N) is 1. The van der Waals surface area contributed by atoms with E-state index in [1.807, 2.05) is 6.07 Å². The number of hydrazone groups is 1. The van der Waals surface area contributed by atoms with Gasteiger partial charge in [0.15, 0.2) is 0 Å². The van der Waals surface area contributed by atoms with Crippen LogP contribution in [0.5, 0.6) is 0 Å². The van der Waals surface area contributed by atoms with Gasteiger partial charge in [-0.1, -0.05) is 42.5 Å². The van der Waals surface area contributed by atoms with E-state index in [4.69, 9.17) is 0 Å². The van der Waals surface area contributed by atoms with Gasteiger partial charge < -0.3 is 5.11 Å². The van der Waals surface area contributed by atoms with E-state index in [0.717, 1.165) is 31.4 Å². The van der Waals surface area contributed by atoms with Crippen molar-refractivity contribution in [2.45, 2.75) is 31.6 Å². The van der Waals surface area contributed by atoms with Crippen LogP contribution < -0.4 is 5.43 Å². The van der Waals surface area contributed by atoms with Gasteiger partial charge in [0.1, 0.15) is 0 Å². The first-order chi connectivity index (χ1) is 11.2. The molecule has 23 heavy (non-hydrogen) atoms. The second kappa shape index (κ2) is 7.09. The second-order valence-corrected chi connectivity index (χ2v) is 5.83. The second-order valence-electron chi connectivity index (χ2n) is 5.83. The average Bonchev–Trinajstić information content (AvgIpc) is 2.61. The summed E-state index contributed by atoms with van der Waals surface area (Å²) >= 11 is 0. The molecule has 1 saturated carbocycles.